The molecule has 0 bridgehead atoms. The second kappa shape index (κ2) is 65.4. The summed E-state index contributed by atoms with van der Waals surface area (Å²) >= 11 is 0. The van der Waals surface area contributed by atoms with Gasteiger partial charge >= 0.3 is 0 Å². The van der Waals surface area contributed by atoms with E-state index >= 15 is 0 Å². The first-order valence-corrected chi connectivity index (χ1v) is 37.9. The average molecular weight is 1090 g/mol. The summed E-state index contributed by atoms with van der Waals surface area (Å²) in [7, 11) is 0. The molecule has 1 rings (SSSR count). The maximum absolute atomic E-state index is 2.67. The minimum absolute atomic E-state index is 1.33. The van der Waals surface area contributed by atoms with E-state index in [1.807, 2.05) is 11.1 Å². The van der Waals surface area contributed by atoms with Crippen molar-refractivity contribution in [2.24, 2.45) is 0 Å². The Labute approximate surface area is 496 Å². The van der Waals surface area contributed by atoms with Crippen LogP contribution in [0.15, 0.2) is 12.1 Å². The van der Waals surface area contributed by atoms with Crippen LogP contribution in [0, 0.1) is 0 Å². The van der Waals surface area contributed by atoms with Crippen molar-refractivity contribution >= 4 is 0 Å². The largest absolute Gasteiger partial charge is 0.0654 e. The number of aryl methyl sites for hydroxylation is 2. The quantitative estimate of drug-likeness (QED) is 0.0571. The van der Waals surface area contributed by atoms with Crippen LogP contribution < -0.4 is 0 Å². The number of hydrogen-bond donors (Lipinski definition) is 0. The molecule has 0 N–H and O–H groups in total. The fraction of sp³-hybridized carbons (Fsp3) is 0.923. The maximum atomic E-state index is 2.67. The van der Waals surface area contributed by atoms with Crippen molar-refractivity contribution in [3.63, 3.8) is 0 Å². The zero-order valence-corrected chi connectivity index (χ0v) is 55.2. The van der Waals surface area contributed by atoms with Crippen molar-refractivity contribution in [2.75, 3.05) is 0 Å². The first-order valence-electron chi connectivity index (χ1n) is 37.9. The Hall–Kier alpha value is -0.780. The van der Waals surface area contributed by atoms with Crippen molar-refractivity contribution < 1.29 is 0 Å². The normalized spacial score (nSPS) is 11.7. The summed E-state index contributed by atoms with van der Waals surface area (Å²) in [6.45, 7) is 9.32. The third-order valence-corrected chi connectivity index (χ3v) is 18.8. The fourth-order valence-corrected chi connectivity index (χ4v) is 13.3. The summed E-state index contributed by atoms with van der Waals surface area (Å²) in [5, 5.41) is 0. The van der Waals surface area contributed by atoms with Gasteiger partial charge in [-0.3, -0.25) is 0 Å². The van der Waals surface area contributed by atoms with E-state index < -0.39 is 0 Å². The van der Waals surface area contributed by atoms with Gasteiger partial charge in [-0.05, 0) is 73.6 Å². The van der Waals surface area contributed by atoms with Gasteiger partial charge in [0.2, 0.25) is 0 Å². The first kappa shape index (κ1) is 75.2. The van der Waals surface area contributed by atoms with Gasteiger partial charge in [-0.15, -0.1) is 0 Å². The Morgan fingerprint density at radius 2 is 0.256 bits per heavy atom. The second-order valence-electron chi connectivity index (χ2n) is 26.6. The highest BCUT2D eigenvalue weighted by atomic mass is 14.2. The Morgan fingerprint density at radius 3 is 0.397 bits per heavy atom. The molecule has 0 heteroatoms. The fourth-order valence-electron chi connectivity index (χ4n) is 13.3. The van der Waals surface area contributed by atoms with E-state index in [4.69, 9.17) is 0 Å². The minimum Gasteiger partial charge on any atom is -0.0654 e. The first-order chi connectivity index (χ1) is 38.8. The van der Waals surface area contributed by atoms with Gasteiger partial charge in [0.05, 0.1) is 0 Å². The molecule has 0 aliphatic heterocycles. The van der Waals surface area contributed by atoms with Crippen LogP contribution in [-0.4, -0.2) is 0 Å². The number of hydrogen-bond acceptors (Lipinski definition) is 0. The Kier molecular flexibility index (Phi) is 63.1. The molecule has 0 heterocycles. The lowest BCUT2D eigenvalue weighted by Gasteiger charge is -2.20. The molecule has 0 aliphatic carbocycles. The summed E-state index contributed by atoms with van der Waals surface area (Å²) in [5.41, 5.74) is 7.25. The molecule has 0 unspecified atom stereocenters. The summed E-state index contributed by atoms with van der Waals surface area (Å²) < 4.78 is 0. The van der Waals surface area contributed by atoms with Crippen LogP contribution in [0.25, 0.3) is 0 Å². The molecular weight excluding hydrogens is 937 g/mol. The van der Waals surface area contributed by atoms with E-state index in [-0.39, 0.29) is 0 Å². The zero-order valence-electron chi connectivity index (χ0n) is 55.2. The van der Waals surface area contributed by atoms with Crippen molar-refractivity contribution in [1.29, 1.82) is 0 Å². The Morgan fingerprint density at radius 1 is 0.141 bits per heavy atom. The van der Waals surface area contributed by atoms with Crippen molar-refractivity contribution in [3.8, 4) is 0 Å². The van der Waals surface area contributed by atoms with Gasteiger partial charge in [-0.1, -0.05) is 425 Å². The molecule has 0 atom stereocenters. The Bertz CT molecular complexity index is 1150. The lowest BCUT2D eigenvalue weighted by molar-refractivity contribution is 0.527. The zero-order chi connectivity index (χ0) is 55.8. The van der Waals surface area contributed by atoms with Crippen LogP contribution in [0.1, 0.15) is 461 Å². The summed E-state index contributed by atoms with van der Waals surface area (Å²) in [4.78, 5) is 0. The molecule has 0 saturated carbocycles. The summed E-state index contributed by atoms with van der Waals surface area (Å²) in [6, 6.07) is 5.35. The monoisotopic (exact) mass is 1090 g/mol. The van der Waals surface area contributed by atoms with Crippen molar-refractivity contribution in [1.82, 2.24) is 0 Å². The van der Waals surface area contributed by atoms with E-state index in [1.165, 1.54) is 437 Å². The van der Waals surface area contributed by atoms with Crippen LogP contribution in [0.5, 0.6) is 0 Å². The van der Waals surface area contributed by atoms with E-state index in [9.17, 15) is 0 Å². The maximum Gasteiger partial charge on any atom is -0.0273 e. The molecule has 0 radical (unpaired) electrons. The van der Waals surface area contributed by atoms with Gasteiger partial charge in [0.15, 0.2) is 0 Å². The topological polar surface area (TPSA) is 0 Å². The van der Waals surface area contributed by atoms with Crippen molar-refractivity contribution in [2.45, 2.75) is 464 Å². The molecule has 0 amide bonds. The van der Waals surface area contributed by atoms with Crippen LogP contribution in [0.4, 0.5) is 0 Å². The molecule has 462 valence electrons. The molecule has 1 aromatic carbocycles. The summed E-state index contributed by atoms with van der Waals surface area (Å²) in [6.07, 6.45) is 98.8. The highest BCUT2D eigenvalue weighted by Crippen LogP contribution is 2.29. The molecule has 0 nitrogen and oxygen atoms in total. The Balaban J connectivity index is 2.75. The molecular formula is C78H150. The lowest BCUT2D eigenvalue weighted by atomic mass is 9.85. The standard InChI is InChI=1S/C78H150/c1-5-9-13-17-21-25-29-33-37-41-45-49-53-57-61-65-69-75-73-74-76(70-66-62-58-54-50-46-42-38-34-30-26-22-18-14-10-6-2)78(72-68-64-60-56-52-48-44-40-36-32-28-24-20-16-12-8-4)77(75)71-67-63-59-55-51-47-43-39-35-31-27-23-19-15-11-7-3/h73-74H,5-72H2,1-4H3. The van der Waals surface area contributed by atoms with Gasteiger partial charge in [-0.25, -0.2) is 0 Å². The molecule has 0 saturated heterocycles. The number of rotatable bonds is 68. The second-order valence-corrected chi connectivity index (χ2v) is 26.6. The van der Waals surface area contributed by atoms with E-state index in [0.717, 1.165) is 0 Å². The molecule has 1 aromatic rings. The van der Waals surface area contributed by atoms with Crippen LogP contribution in [0.3, 0.4) is 0 Å². The van der Waals surface area contributed by atoms with Crippen LogP contribution in [-0.2, 0) is 25.7 Å². The average Bonchev–Trinajstić information content (AvgIpc) is 3.45. The predicted molar refractivity (Wildman–Crippen MR) is 359 cm³/mol. The van der Waals surface area contributed by atoms with E-state index in [1.54, 1.807) is 11.1 Å². The highest BCUT2D eigenvalue weighted by Gasteiger charge is 2.14. The van der Waals surface area contributed by atoms with E-state index in [0.29, 0.717) is 0 Å². The van der Waals surface area contributed by atoms with E-state index in [2.05, 4.69) is 39.8 Å². The molecule has 78 heavy (non-hydrogen) atoms. The third kappa shape index (κ3) is 53.2. The third-order valence-electron chi connectivity index (χ3n) is 18.8. The minimum atomic E-state index is 1.33. The lowest BCUT2D eigenvalue weighted by Crippen LogP contribution is -2.07. The summed E-state index contributed by atoms with van der Waals surface area (Å²) in [5.74, 6) is 0. The smallest absolute Gasteiger partial charge is 0.0273 e. The molecule has 0 fully saturated rings. The van der Waals surface area contributed by atoms with Crippen LogP contribution >= 0.6 is 0 Å². The SMILES string of the molecule is CCCCCCCCCCCCCCCCCCc1ccc(CCCCCCCCCCCCCCCCCC)c(CCCCCCCCCCCCCCCCCC)c1CCCCCCCCCCCCCCCCCC. The van der Waals surface area contributed by atoms with Gasteiger partial charge in [0, 0.05) is 0 Å². The van der Waals surface area contributed by atoms with Crippen LogP contribution in [0.2, 0.25) is 0 Å². The number of unbranched alkanes of at least 4 members (excludes halogenated alkanes) is 60. The van der Waals surface area contributed by atoms with Gasteiger partial charge in [0.25, 0.3) is 0 Å². The molecule has 0 aliphatic rings. The molecule has 0 spiro atoms. The highest BCUT2D eigenvalue weighted by molar-refractivity contribution is 5.42. The van der Waals surface area contributed by atoms with Crippen molar-refractivity contribution in [3.05, 3.63) is 34.4 Å². The number of benzene rings is 1. The van der Waals surface area contributed by atoms with Gasteiger partial charge < -0.3 is 0 Å². The van der Waals surface area contributed by atoms with Gasteiger partial charge in [0.1, 0.15) is 0 Å². The molecule has 0 aromatic heterocycles. The van der Waals surface area contributed by atoms with Gasteiger partial charge in [-0.2, -0.15) is 0 Å². The predicted octanol–water partition coefficient (Wildman–Crippen LogP) is 28.9.